The summed E-state index contributed by atoms with van der Waals surface area (Å²) in [6.07, 6.45) is 2.84. The van der Waals surface area contributed by atoms with Crippen molar-refractivity contribution in [3.05, 3.63) is 11.6 Å². The Balaban J connectivity index is 4.86. The van der Waals surface area contributed by atoms with Gasteiger partial charge in [0.25, 0.3) is 0 Å². The molecule has 0 amide bonds. The topological polar surface area (TPSA) is 109 Å². The van der Waals surface area contributed by atoms with E-state index >= 15 is 0 Å². The number of nitrogens with zero attached hydrogens (tertiary/aromatic N) is 1. The average molecular weight is 285 g/mol. The predicted octanol–water partition coefficient (Wildman–Crippen LogP) is -0.371. The highest BCUT2D eigenvalue weighted by molar-refractivity contribution is 8.03. The van der Waals surface area contributed by atoms with Crippen molar-refractivity contribution < 1.29 is 26.7 Å². The van der Waals surface area contributed by atoms with E-state index in [0.29, 0.717) is 3.71 Å². The summed E-state index contributed by atoms with van der Waals surface area (Å²) in [5.41, 5.74) is 0.0342. The molecule has 1 N–H and O–H groups in total. The van der Waals surface area contributed by atoms with Gasteiger partial charge in [-0.3, -0.25) is 0 Å². The van der Waals surface area contributed by atoms with E-state index in [2.05, 4.69) is 0 Å². The molecule has 0 aromatic carbocycles. The van der Waals surface area contributed by atoms with Crippen molar-refractivity contribution in [1.29, 1.82) is 0 Å². The number of sulfonamides is 2. The van der Waals surface area contributed by atoms with Crippen molar-refractivity contribution in [2.75, 3.05) is 19.1 Å². The lowest BCUT2D eigenvalue weighted by atomic mass is 10.2. The van der Waals surface area contributed by atoms with Crippen LogP contribution in [0.5, 0.6) is 0 Å². The molecule has 100 valence electrons. The smallest absolute Gasteiger partial charge is 0.330 e. The number of carbonyl (C=O) groups is 1. The van der Waals surface area contributed by atoms with Crippen LogP contribution in [0.4, 0.5) is 0 Å². The lowest BCUT2D eigenvalue weighted by Crippen LogP contribution is -2.35. The molecule has 0 aliphatic heterocycles. The highest BCUT2D eigenvalue weighted by Crippen LogP contribution is 2.07. The summed E-state index contributed by atoms with van der Waals surface area (Å²) in [6.45, 7) is 1.04. The van der Waals surface area contributed by atoms with Gasteiger partial charge in [0.1, 0.15) is 0 Å². The third kappa shape index (κ3) is 5.80. The molecule has 0 aliphatic rings. The Morgan fingerprint density at radius 1 is 1.18 bits per heavy atom. The maximum atomic E-state index is 11.2. The molecule has 0 unspecified atom stereocenters. The summed E-state index contributed by atoms with van der Waals surface area (Å²) in [4.78, 5) is 10.5. The van der Waals surface area contributed by atoms with Crippen molar-refractivity contribution in [3.8, 4) is 0 Å². The van der Waals surface area contributed by atoms with Crippen LogP contribution in [-0.4, -0.2) is 50.7 Å². The quantitative estimate of drug-likeness (QED) is 0.667. The van der Waals surface area contributed by atoms with Gasteiger partial charge in [-0.05, 0) is 13.3 Å². The SMILES string of the molecule is C/C(=C\CCN(S(C)(=O)=O)S(C)(=O)=O)C(=O)O. The fraction of sp³-hybridized carbons (Fsp3) is 0.625. The second-order valence-corrected chi connectivity index (χ2v) is 7.55. The third-order valence-electron chi connectivity index (χ3n) is 1.84. The van der Waals surface area contributed by atoms with Crippen molar-refractivity contribution in [2.24, 2.45) is 0 Å². The van der Waals surface area contributed by atoms with Crippen molar-refractivity contribution in [1.82, 2.24) is 3.71 Å². The van der Waals surface area contributed by atoms with E-state index in [4.69, 9.17) is 5.11 Å². The maximum Gasteiger partial charge on any atom is 0.330 e. The molecule has 7 nitrogen and oxygen atoms in total. The summed E-state index contributed by atoms with van der Waals surface area (Å²) >= 11 is 0. The Morgan fingerprint density at radius 3 is 1.88 bits per heavy atom. The van der Waals surface area contributed by atoms with Gasteiger partial charge in [-0.15, -0.1) is 0 Å². The minimum atomic E-state index is -3.87. The van der Waals surface area contributed by atoms with Crippen LogP contribution in [0.25, 0.3) is 0 Å². The van der Waals surface area contributed by atoms with Gasteiger partial charge in [0, 0.05) is 12.1 Å². The van der Waals surface area contributed by atoms with E-state index in [9.17, 15) is 21.6 Å². The highest BCUT2D eigenvalue weighted by atomic mass is 32.3. The monoisotopic (exact) mass is 285 g/mol. The lowest BCUT2D eigenvalue weighted by Gasteiger charge is -2.16. The minimum Gasteiger partial charge on any atom is -0.478 e. The van der Waals surface area contributed by atoms with Gasteiger partial charge in [-0.2, -0.15) is 0 Å². The van der Waals surface area contributed by atoms with Crippen LogP contribution in [0, 0.1) is 0 Å². The Kier molecular flexibility index (Phi) is 5.30. The molecule has 0 heterocycles. The van der Waals surface area contributed by atoms with E-state index in [1.165, 1.54) is 13.0 Å². The summed E-state index contributed by atoms with van der Waals surface area (Å²) in [5.74, 6) is -1.13. The minimum absolute atomic E-state index is 0.0122. The Bertz CT molecular complexity index is 484. The number of carboxylic acid groups (broad SMARTS) is 1. The van der Waals surface area contributed by atoms with Crippen molar-refractivity contribution >= 4 is 26.0 Å². The fourth-order valence-corrected chi connectivity index (χ4v) is 3.89. The molecule has 0 bridgehead atoms. The van der Waals surface area contributed by atoms with Gasteiger partial charge >= 0.3 is 5.97 Å². The van der Waals surface area contributed by atoms with Crippen LogP contribution in [0.2, 0.25) is 0 Å². The van der Waals surface area contributed by atoms with E-state index in [1.807, 2.05) is 0 Å². The van der Waals surface area contributed by atoms with E-state index in [-0.39, 0.29) is 18.5 Å². The molecule has 0 fully saturated rings. The summed E-state index contributed by atoms with van der Waals surface area (Å²) in [7, 11) is -7.74. The molecule has 0 saturated carbocycles. The molecule has 0 rings (SSSR count). The Morgan fingerprint density at radius 2 is 1.59 bits per heavy atom. The largest absolute Gasteiger partial charge is 0.478 e. The van der Waals surface area contributed by atoms with Gasteiger partial charge < -0.3 is 5.11 Å². The first-order valence-electron chi connectivity index (χ1n) is 4.54. The van der Waals surface area contributed by atoms with Gasteiger partial charge in [0.05, 0.1) is 12.5 Å². The molecule has 0 aromatic heterocycles. The van der Waals surface area contributed by atoms with Gasteiger partial charge in [0.15, 0.2) is 0 Å². The van der Waals surface area contributed by atoms with Crippen molar-refractivity contribution in [2.45, 2.75) is 13.3 Å². The standard InChI is InChI=1S/C8H15NO6S2/c1-7(8(10)11)5-4-6-9(16(2,12)13)17(3,14)15/h5H,4,6H2,1-3H3,(H,10,11)/b7-5+. The van der Waals surface area contributed by atoms with E-state index in [0.717, 1.165) is 12.5 Å². The Labute approximate surface area is 101 Å². The maximum absolute atomic E-state index is 11.2. The molecular weight excluding hydrogens is 270 g/mol. The van der Waals surface area contributed by atoms with Crippen LogP contribution in [0.3, 0.4) is 0 Å². The molecule has 0 saturated heterocycles. The second-order valence-electron chi connectivity index (χ2n) is 3.50. The number of carboxylic acids is 1. The first kappa shape index (κ1) is 16.1. The molecule has 0 spiro atoms. The van der Waals surface area contributed by atoms with E-state index in [1.54, 1.807) is 0 Å². The molecule has 9 heteroatoms. The number of hydrogen-bond donors (Lipinski definition) is 1. The molecule has 0 atom stereocenters. The van der Waals surface area contributed by atoms with Crippen LogP contribution >= 0.6 is 0 Å². The fourth-order valence-electron chi connectivity index (χ4n) is 1.05. The highest BCUT2D eigenvalue weighted by Gasteiger charge is 2.25. The van der Waals surface area contributed by atoms with Crippen LogP contribution in [0.15, 0.2) is 11.6 Å². The molecule has 0 aliphatic carbocycles. The third-order valence-corrected chi connectivity index (χ3v) is 5.31. The first-order chi connectivity index (χ1) is 7.46. The van der Waals surface area contributed by atoms with Crippen LogP contribution < -0.4 is 0 Å². The number of aliphatic carboxylic acids is 1. The van der Waals surface area contributed by atoms with Gasteiger partial charge in [-0.1, -0.05) is 9.79 Å². The second kappa shape index (κ2) is 5.61. The van der Waals surface area contributed by atoms with Gasteiger partial charge in [0.2, 0.25) is 20.0 Å². The van der Waals surface area contributed by atoms with Crippen molar-refractivity contribution in [3.63, 3.8) is 0 Å². The van der Waals surface area contributed by atoms with E-state index < -0.39 is 26.0 Å². The van der Waals surface area contributed by atoms with Crippen LogP contribution in [0.1, 0.15) is 13.3 Å². The van der Waals surface area contributed by atoms with Crippen LogP contribution in [-0.2, 0) is 24.8 Å². The molecule has 0 aromatic rings. The molecular formula is C8H15NO6S2. The zero-order chi connectivity index (χ0) is 13.9. The molecule has 17 heavy (non-hydrogen) atoms. The lowest BCUT2D eigenvalue weighted by molar-refractivity contribution is -0.132. The number of rotatable bonds is 6. The summed E-state index contributed by atoms with van der Waals surface area (Å²) in [6, 6.07) is 0. The average Bonchev–Trinajstić information content (AvgIpc) is 2.07. The normalized spacial score (nSPS) is 14.0. The summed E-state index contributed by atoms with van der Waals surface area (Å²) < 4.78 is 45.1. The predicted molar refractivity (Wildman–Crippen MR) is 62.4 cm³/mol. The molecule has 0 radical (unpaired) electrons. The summed E-state index contributed by atoms with van der Waals surface area (Å²) in [5, 5.41) is 8.55. The van der Waals surface area contributed by atoms with Gasteiger partial charge in [-0.25, -0.2) is 21.6 Å². The zero-order valence-electron chi connectivity index (χ0n) is 9.74. The first-order valence-corrected chi connectivity index (χ1v) is 8.24. The number of hydrogen-bond acceptors (Lipinski definition) is 5. The zero-order valence-corrected chi connectivity index (χ0v) is 11.4. The Hall–Kier alpha value is -0.930.